The first kappa shape index (κ1) is 21.0. The molecule has 1 N–H and O–H groups in total. The van der Waals surface area contributed by atoms with E-state index >= 15 is 0 Å². The van der Waals surface area contributed by atoms with Gasteiger partial charge in [0.25, 0.3) is 0 Å². The van der Waals surface area contributed by atoms with Gasteiger partial charge >= 0.3 is 0 Å². The predicted octanol–water partition coefficient (Wildman–Crippen LogP) is 5.87. The largest absolute Gasteiger partial charge is 0.495 e. The van der Waals surface area contributed by atoms with Gasteiger partial charge in [-0.25, -0.2) is 4.98 Å². The number of thiazole rings is 1. The number of pyridine rings is 1. The summed E-state index contributed by atoms with van der Waals surface area (Å²) in [7, 11) is 0.621. The quantitative estimate of drug-likeness (QED) is 0.433. The average molecular weight is 426 g/mol. The van der Waals surface area contributed by atoms with Gasteiger partial charge in [-0.05, 0) is 42.0 Å². The Bertz CT molecular complexity index is 1140. The fraction of sp³-hybridized carbons (Fsp3) is 0.182. The van der Waals surface area contributed by atoms with Crippen LogP contribution in [0.4, 0.5) is 10.8 Å². The smallest absolute Gasteiger partial charge is 0.188 e. The summed E-state index contributed by atoms with van der Waals surface area (Å²) in [6, 6.07) is 15.7. The van der Waals surface area contributed by atoms with E-state index in [1.807, 2.05) is 62.5 Å². The van der Waals surface area contributed by atoms with Gasteiger partial charge in [0.1, 0.15) is 5.75 Å². The Labute approximate surface area is 177 Å². The molecule has 5 nitrogen and oxygen atoms in total. The third-order valence-corrected chi connectivity index (χ3v) is 5.94. The van der Waals surface area contributed by atoms with Crippen LogP contribution in [0.25, 0.3) is 21.3 Å². The van der Waals surface area contributed by atoms with Crippen LogP contribution in [0, 0.1) is 0 Å². The van der Waals surface area contributed by atoms with Crippen molar-refractivity contribution in [3.05, 3.63) is 60.9 Å². The van der Waals surface area contributed by atoms with Crippen molar-refractivity contribution in [2.75, 3.05) is 18.7 Å². The molecule has 1 atom stereocenters. The van der Waals surface area contributed by atoms with Gasteiger partial charge in [-0.15, -0.1) is 0 Å². The van der Waals surface area contributed by atoms with Crippen molar-refractivity contribution < 1.29 is 8.95 Å². The molecule has 7 heteroatoms. The highest BCUT2D eigenvalue weighted by Crippen LogP contribution is 2.32. The first-order valence-electron chi connectivity index (χ1n) is 9.23. The summed E-state index contributed by atoms with van der Waals surface area (Å²) in [6.45, 7) is 4.00. The number of aromatic nitrogens is 2. The SMILES string of the molecule is CC.COc1cncc(-c2ccc3nc(Nc4cccc(S(C)=O)c4)sc3c2)c1. The van der Waals surface area contributed by atoms with E-state index in [0.29, 0.717) is 0 Å². The Hall–Kier alpha value is -2.77. The number of nitrogens with one attached hydrogen (secondary N) is 1. The van der Waals surface area contributed by atoms with Crippen molar-refractivity contribution in [2.24, 2.45) is 0 Å². The summed E-state index contributed by atoms with van der Waals surface area (Å²) >= 11 is 1.58. The summed E-state index contributed by atoms with van der Waals surface area (Å²) < 4.78 is 18.0. The van der Waals surface area contributed by atoms with E-state index in [1.54, 1.807) is 30.9 Å². The van der Waals surface area contributed by atoms with Crippen LogP contribution < -0.4 is 10.1 Å². The number of hydrogen-bond acceptors (Lipinski definition) is 6. The monoisotopic (exact) mass is 425 g/mol. The summed E-state index contributed by atoms with van der Waals surface area (Å²) in [5, 5.41) is 4.10. The third-order valence-electron chi connectivity index (χ3n) is 4.09. The molecule has 29 heavy (non-hydrogen) atoms. The summed E-state index contributed by atoms with van der Waals surface area (Å²) in [5.41, 5.74) is 3.86. The van der Waals surface area contributed by atoms with Gasteiger partial charge in [0.2, 0.25) is 0 Å². The molecule has 2 heterocycles. The van der Waals surface area contributed by atoms with Crippen LogP contribution in [0.1, 0.15) is 13.8 Å². The van der Waals surface area contributed by atoms with Crippen LogP contribution in [-0.4, -0.2) is 27.5 Å². The zero-order valence-electron chi connectivity index (χ0n) is 16.8. The summed E-state index contributed by atoms with van der Waals surface area (Å²) in [4.78, 5) is 9.65. The topological polar surface area (TPSA) is 64.1 Å². The fourth-order valence-corrected chi connectivity index (χ4v) is 4.21. The standard InChI is InChI=1S/C20H17N3O2S2.C2H6/c1-25-16-8-14(11-21-12-16)13-6-7-18-19(9-13)26-20(23-18)22-15-4-3-5-17(10-15)27(2)24;1-2/h3-12H,1-2H3,(H,22,23);1-2H3. The number of ether oxygens (including phenoxy) is 1. The Balaban J connectivity index is 0.00000117. The molecule has 2 aromatic carbocycles. The first-order chi connectivity index (χ1) is 14.1. The van der Waals surface area contributed by atoms with E-state index in [-0.39, 0.29) is 0 Å². The lowest BCUT2D eigenvalue weighted by molar-refractivity contribution is 0.413. The molecule has 4 rings (SSSR count). The van der Waals surface area contributed by atoms with E-state index in [9.17, 15) is 4.21 Å². The molecule has 150 valence electrons. The molecule has 2 aromatic heterocycles. The lowest BCUT2D eigenvalue weighted by Gasteiger charge is -2.03. The molecular weight excluding hydrogens is 402 g/mol. The Morgan fingerprint density at radius 2 is 1.86 bits per heavy atom. The molecule has 1 unspecified atom stereocenters. The third kappa shape index (κ3) is 4.99. The molecule has 0 amide bonds. The van der Waals surface area contributed by atoms with Crippen molar-refractivity contribution >= 4 is 43.2 Å². The van der Waals surface area contributed by atoms with Gasteiger partial charge in [-0.2, -0.15) is 0 Å². The van der Waals surface area contributed by atoms with Crippen LogP contribution >= 0.6 is 11.3 Å². The normalized spacial score (nSPS) is 11.4. The van der Waals surface area contributed by atoms with E-state index in [0.717, 1.165) is 42.8 Å². The van der Waals surface area contributed by atoms with Gasteiger partial charge in [-0.1, -0.05) is 37.3 Å². The van der Waals surface area contributed by atoms with Gasteiger partial charge in [-0.3, -0.25) is 9.19 Å². The van der Waals surface area contributed by atoms with Crippen molar-refractivity contribution in [2.45, 2.75) is 18.7 Å². The highest BCUT2D eigenvalue weighted by Gasteiger charge is 2.08. The first-order valence-corrected chi connectivity index (χ1v) is 11.6. The number of benzene rings is 2. The van der Waals surface area contributed by atoms with Gasteiger partial charge in [0, 0.05) is 39.4 Å². The van der Waals surface area contributed by atoms with Crippen molar-refractivity contribution in [1.82, 2.24) is 9.97 Å². The number of methoxy groups -OCH3 is 1. The second-order valence-electron chi connectivity index (χ2n) is 5.92. The molecule has 0 fully saturated rings. The van der Waals surface area contributed by atoms with Crippen LogP contribution in [0.15, 0.2) is 65.8 Å². The minimum absolute atomic E-state index is 0.729. The summed E-state index contributed by atoms with van der Waals surface area (Å²) in [6.07, 6.45) is 5.18. The zero-order valence-corrected chi connectivity index (χ0v) is 18.4. The molecule has 0 aliphatic heterocycles. The Morgan fingerprint density at radius 1 is 1.03 bits per heavy atom. The molecular formula is C22H23N3O2S2. The highest BCUT2D eigenvalue weighted by molar-refractivity contribution is 7.84. The number of hydrogen-bond donors (Lipinski definition) is 1. The van der Waals surface area contributed by atoms with Crippen LogP contribution in [0.5, 0.6) is 5.75 Å². The van der Waals surface area contributed by atoms with E-state index in [2.05, 4.69) is 21.4 Å². The minimum atomic E-state index is -1.01. The van der Waals surface area contributed by atoms with Crippen LogP contribution in [0.3, 0.4) is 0 Å². The maximum atomic E-state index is 11.7. The molecule has 0 aliphatic carbocycles. The Morgan fingerprint density at radius 3 is 2.62 bits per heavy atom. The van der Waals surface area contributed by atoms with Crippen molar-refractivity contribution in [3.63, 3.8) is 0 Å². The van der Waals surface area contributed by atoms with Crippen molar-refractivity contribution in [1.29, 1.82) is 0 Å². The molecule has 0 aliphatic rings. The van der Waals surface area contributed by atoms with Gasteiger partial charge in [0.05, 0.1) is 23.5 Å². The number of nitrogens with zero attached hydrogens (tertiary/aromatic N) is 2. The number of rotatable bonds is 5. The average Bonchev–Trinajstić information content (AvgIpc) is 3.16. The Kier molecular flexibility index (Phi) is 6.95. The maximum absolute atomic E-state index is 11.7. The van der Waals surface area contributed by atoms with Gasteiger partial charge < -0.3 is 10.1 Å². The molecule has 0 saturated carbocycles. The molecule has 0 radical (unpaired) electrons. The summed E-state index contributed by atoms with van der Waals surface area (Å²) in [5.74, 6) is 0.729. The molecule has 0 saturated heterocycles. The predicted molar refractivity (Wildman–Crippen MR) is 123 cm³/mol. The fourth-order valence-electron chi connectivity index (χ4n) is 2.72. The lowest BCUT2D eigenvalue weighted by atomic mass is 10.1. The molecule has 4 aromatic rings. The van der Waals surface area contributed by atoms with Crippen LogP contribution in [-0.2, 0) is 10.8 Å². The van der Waals surface area contributed by atoms with E-state index in [1.165, 1.54) is 0 Å². The molecule has 0 spiro atoms. The maximum Gasteiger partial charge on any atom is 0.188 e. The second kappa shape index (κ2) is 9.62. The second-order valence-corrected chi connectivity index (χ2v) is 8.33. The lowest BCUT2D eigenvalue weighted by Crippen LogP contribution is -1.92. The van der Waals surface area contributed by atoms with E-state index in [4.69, 9.17) is 4.74 Å². The van der Waals surface area contributed by atoms with Gasteiger partial charge in [0.15, 0.2) is 5.13 Å². The van der Waals surface area contributed by atoms with E-state index < -0.39 is 10.8 Å². The zero-order chi connectivity index (χ0) is 20.8. The number of fused-ring (bicyclic) bond motifs is 1. The molecule has 0 bridgehead atoms. The van der Waals surface area contributed by atoms with Crippen LogP contribution in [0.2, 0.25) is 0 Å². The highest BCUT2D eigenvalue weighted by atomic mass is 32.2. The number of anilines is 2. The van der Waals surface area contributed by atoms with Crippen molar-refractivity contribution in [3.8, 4) is 16.9 Å². The minimum Gasteiger partial charge on any atom is -0.495 e.